The summed E-state index contributed by atoms with van der Waals surface area (Å²) >= 11 is 0. The lowest BCUT2D eigenvalue weighted by molar-refractivity contribution is -0.149. The molecule has 0 radical (unpaired) electrons. The fraction of sp³-hybridized carbons (Fsp3) is 0.800. The molecule has 0 heterocycles. The van der Waals surface area contributed by atoms with Crippen LogP contribution in [0.15, 0.2) is 0 Å². The van der Waals surface area contributed by atoms with Gasteiger partial charge in [-0.05, 0) is 25.7 Å². The van der Waals surface area contributed by atoms with Crippen LogP contribution < -0.4 is 10.9 Å². The van der Waals surface area contributed by atoms with Crippen LogP contribution in [0.2, 0.25) is 0 Å². The lowest BCUT2D eigenvalue weighted by atomic mass is 9.79. The van der Waals surface area contributed by atoms with Crippen molar-refractivity contribution in [3.63, 3.8) is 0 Å². The standard InChI is InChI=1S/C15H24N2O4/c18-13(10-6-2-1-3-7-10)16-17-14(19)11-8-4-5-9-12(11)15(20)21/h10-12H,1-9H2,(H,16,18)(H,17,19)(H,20,21). The zero-order chi connectivity index (χ0) is 15.2. The van der Waals surface area contributed by atoms with Crippen LogP contribution in [0.5, 0.6) is 0 Å². The number of nitrogens with one attached hydrogen (secondary N) is 2. The fourth-order valence-corrected chi connectivity index (χ4v) is 3.42. The van der Waals surface area contributed by atoms with E-state index in [0.29, 0.717) is 12.8 Å². The first kappa shape index (κ1) is 15.8. The molecular formula is C15H24N2O4. The number of carbonyl (C=O) groups is 3. The molecule has 2 atom stereocenters. The Labute approximate surface area is 124 Å². The van der Waals surface area contributed by atoms with Gasteiger partial charge in [0.25, 0.3) is 0 Å². The minimum Gasteiger partial charge on any atom is -0.481 e. The molecule has 21 heavy (non-hydrogen) atoms. The Morgan fingerprint density at radius 1 is 0.714 bits per heavy atom. The predicted molar refractivity (Wildman–Crippen MR) is 75.9 cm³/mol. The minimum absolute atomic E-state index is 0.0272. The van der Waals surface area contributed by atoms with Crippen molar-refractivity contribution in [3.8, 4) is 0 Å². The molecule has 3 N–H and O–H groups in total. The van der Waals surface area contributed by atoms with Gasteiger partial charge in [0, 0.05) is 5.92 Å². The Bertz CT molecular complexity index is 404. The average Bonchev–Trinajstić information content (AvgIpc) is 2.53. The Hall–Kier alpha value is -1.59. The third-order valence-electron chi connectivity index (χ3n) is 4.70. The lowest BCUT2D eigenvalue weighted by Gasteiger charge is -2.28. The predicted octanol–water partition coefficient (Wildman–Crippen LogP) is 1.61. The van der Waals surface area contributed by atoms with Gasteiger partial charge in [0.15, 0.2) is 0 Å². The van der Waals surface area contributed by atoms with Gasteiger partial charge in [-0.2, -0.15) is 0 Å². The van der Waals surface area contributed by atoms with E-state index < -0.39 is 17.8 Å². The molecule has 2 unspecified atom stereocenters. The van der Waals surface area contributed by atoms with Crippen LogP contribution in [0.3, 0.4) is 0 Å². The second-order valence-electron chi connectivity index (χ2n) is 6.15. The zero-order valence-corrected chi connectivity index (χ0v) is 12.3. The number of rotatable bonds is 3. The van der Waals surface area contributed by atoms with Crippen molar-refractivity contribution in [1.29, 1.82) is 0 Å². The summed E-state index contributed by atoms with van der Waals surface area (Å²) in [7, 11) is 0. The van der Waals surface area contributed by atoms with E-state index in [1.165, 1.54) is 6.42 Å². The van der Waals surface area contributed by atoms with Crippen molar-refractivity contribution >= 4 is 17.8 Å². The highest BCUT2D eigenvalue weighted by Gasteiger charge is 2.36. The van der Waals surface area contributed by atoms with Crippen molar-refractivity contribution in [2.75, 3.05) is 0 Å². The number of amides is 2. The van der Waals surface area contributed by atoms with Gasteiger partial charge in [-0.15, -0.1) is 0 Å². The highest BCUT2D eigenvalue weighted by Crippen LogP contribution is 2.30. The quantitative estimate of drug-likeness (QED) is 0.689. The average molecular weight is 296 g/mol. The van der Waals surface area contributed by atoms with Crippen LogP contribution in [0, 0.1) is 17.8 Å². The van der Waals surface area contributed by atoms with Crippen molar-refractivity contribution in [2.45, 2.75) is 57.8 Å². The van der Waals surface area contributed by atoms with Crippen molar-refractivity contribution in [1.82, 2.24) is 10.9 Å². The Balaban J connectivity index is 1.82. The Morgan fingerprint density at radius 2 is 1.24 bits per heavy atom. The summed E-state index contributed by atoms with van der Waals surface area (Å²) in [5.74, 6) is -2.64. The van der Waals surface area contributed by atoms with E-state index in [2.05, 4.69) is 10.9 Å². The van der Waals surface area contributed by atoms with E-state index in [-0.39, 0.29) is 17.7 Å². The van der Waals surface area contributed by atoms with Crippen LogP contribution >= 0.6 is 0 Å². The molecule has 2 aliphatic rings. The van der Waals surface area contributed by atoms with E-state index in [1.807, 2.05) is 0 Å². The Kier molecular flexibility index (Phi) is 5.59. The molecule has 2 aliphatic carbocycles. The molecule has 2 fully saturated rings. The van der Waals surface area contributed by atoms with Gasteiger partial charge in [0.1, 0.15) is 0 Å². The molecule has 0 bridgehead atoms. The SMILES string of the molecule is O=C(NNC(=O)C1CCCCC1C(=O)O)C1CCCCC1. The normalized spacial score (nSPS) is 26.9. The van der Waals surface area contributed by atoms with Crippen molar-refractivity contribution in [2.24, 2.45) is 17.8 Å². The number of hydrogen-bond acceptors (Lipinski definition) is 3. The minimum atomic E-state index is -0.923. The molecule has 2 amide bonds. The summed E-state index contributed by atoms with van der Waals surface area (Å²) in [6.07, 6.45) is 7.80. The summed E-state index contributed by atoms with van der Waals surface area (Å²) < 4.78 is 0. The van der Waals surface area contributed by atoms with Crippen LogP contribution in [0.1, 0.15) is 57.8 Å². The van der Waals surface area contributed by atoms with E-state index in [9.17, 15) is 19.5 Å². The van der Waals surface area contributed by atoms with Crippen LogP contribution in [-0.2, 0) is 14.4 Å². The van der Waals surface area contributed by atoms with Crippen molar-refractivity contribution < 1.29 is 19.5 Å². The summed E-state index contributed by atoms with van der Waals surface area (Å²) in [6, 6.07) is 0. The Morgan fingerprint density at radius 3 is 1.86 bits per heavy atom. The molecule has 6 heteroatoms. The number of carboxylic acids is 1. The number of hydrazine groups is 1. The highest BCUT2D eigenvalue weighted by atomic mass is 16.4. The molecular weight excluding hydrogens is 272 g/mol. The lowest BCUT2D eigenvalue weighted by Crippen LogP contribution is -2.49. The largest absolute Gasteiger partial charge is 0.481 e. The van der Waals surface area contributed by atoms with Gasteiger partial charge in [-0.1, -0.05) is 32.1 Å². The van der Waals surface area contributed by atoms with Gasteiger partial charge in [0.05, 0.1) is 11.8 Å². The maximum Gasteiger partial charge on any atom is 0.307 e. The van der Waals surface area contributed by atoms with Crippen LogP contribution in [-0.4, -0.2) is 22.9 Å². The summed E-state index contributed by atoms with van der Waals surface area (Å²) in [6.45, 7) is 0. The molecule has 6 nitrogen and oxygen atoms in total. The van der Waals surface area contributed by atoms with Crippen LogP contribution in [0.4, 0.5) is 0 Å². The van der Waals surface area contributed by atoms with Gasteiger partial charge in [-0.3, -0.25) is 25.2 Å². The maximum absolute atomic E-state index is 12.1. The van der Waals surface area contributed by atoms with Crippen molar-refractivity contribution in [3.05, 3.63) is 0 Å². The molecule has 2 rings (SSSR count). The van der Waals surface area contributed by atoms with Gasteiger partial charge < -0.3 is 5.11 Å². The third-order valence-corrected chi connectivity index (χ3v) is 4.70. The molecule has 0 aromatic carbocycles. The first-order valence-electron chi connectivity index (χ1n) is 7.92. The molecule has 2 saturated carbocycles. The smallest absolute Gasteiger partial charge is 0.307 e. The monoisotopic (exact) mass is 296 g/mol. The van der Waals surface area contributed by atoms with E-state index in [1.54, 1.807) is 0 Å². The van der Waals surface area contributed by atoms with Gasteiger partial charge in [-0.25, -0.2) is 0 Å². The molecule has 118 valence electrons. The van der Waals surface area contributed by atoms with Gasteiger partial charge in [0.2, 0.25) is 11.8 Å². The number of carboxylic acid groups (broad SMARTS) is 1. The van der Waals surface area contributed by atoms with Crippen LogP contribution in [0.25, 0.3) is 0 Å². The molecule has 0 spiro atoms. The third kappa shape index (κ3) is 4.19. The fourth-order valence-electron chi connectivity index (χ4n) is 3.42. The van der Waals surface area contributed by atoms with E-state index in [0.717, 1.165) is 38.5 Å². The first-order valence-corrected chi connectivity index (χ1v) is 7.92. The highest BCUT2D eigenvalue weighted by molar-refractivity contribution is 5.87. The molecule has 0 aromatic rings. The van der Waals surface area contributed by atoms with E-state index >= 15 is 0 Å². The first-order chi connectivity index (χ1) is 10.1. The summed E-state index contributed by atoms with van der Waals surface area (Å²) in [5, 5.41) is 9.17. The number of aliphatic carboxylic acids is 1. The second kappa shape index (κ2) is 7.43. The molecule has 0 saturated heterocycles. The maximum atomic E-state index is 12.1. The van der Waals surface area contributed by atoms with E-state index in [4.69, 9.17) is 0 Å². The summed E-state index contributed by atoms with van der Waals surface area (Å²) in [4.78, 5) is 35.3. The second-order valence-corrected chi connectivity index (χ2v) is 6.15. The molecule has 0 aromatic heterocycles. The summed E-state index contributed by atoms with van der Waals surface area (Å²) in [5.41, 5.74) is 4.91. The van der Waals surface area contributed by atoms with Gasteiger partial charge >= 0.3 is 5.97 Å². The number of hydrogen-bond donors (Lipinski definition) is 3. The topological polar surface area (TPSA) is 95.5 Å². The zero-order valence-electron chi connectivity index (χ0n) is 12.3. The molecule has 0 aliphatic heterocycles. The number of carbonyl (C=O) groups excluding carboxylic acids is 2.